The molecule has 0 aliphatic heterocycles. The van der Waals surface area contributed by atoms with Crippen LogP contribution in [0.4, 0.5) is 27.8 Å². The Kier molecular flexibility index (Phi) is 6.65. The van der Waals surface area contributed by atoms with Crippen molar-refractivity contribution >= 4 is 50.2 Å². The average molecular weight is 509 g/mol. The number of non-ortho nitro benzene ring substituents is 1. The summed E-state index contributed by atoms with van der Waals surface area (Å²) >= 11 is 0. The molecule has 4 rings (SSSR count). The number of amides is 1. The van der Waals surface area contributed by atoms with Crippen LogP contribution >= 0.6 is 0 Å². The highest BCUT2D eigenvalue weighted by molar-refractivity contribution is 7.92. The van der Waals surface area contributed by atoms with Gasteiger partial charge in [0.2, 0.25) is 0 Å². The molecule has 1 aromatic heterocycles. The predicted octanol–water partition coefficient (Wildman–Crippen LogP) is 4.14. The minimum atomic E-state index is -4.26. The van der Waals surface area contributed by atoms with E-state index in [4.69, 9.17) is 4.74 Å². The number of nitro groups is 1. The van der Waals surface area contributed by atoms with E-state index >= 15 is 0 Å². The van der Waals surface area contributed by atoms with Crippen molar-refractivity contribution in [1.82, 2.24) is 14.9 Å². The van der Waals surface area contributed by atoms with Crippen molar-refractivity contribution in [2.45, 2.75) is 4.90 Å². The number of hydrogen-bond donors (Lipinski definition) is 2. The molecule has 3 aromatic carbocycles. The second-order valence-electron chi connectivity index (χ2n) is 7.68. The lowest BCUT2D eigenvalue weighted by molar-refractivity contribution is -0.385. The average Bonchev–Trinajstić information content (AvgIpc) is 2.84. The number of carbonyl (C=O) groups excluding carboxylic acids is 1. The molecule has 1 amide bonds. The normalized spacial score (nSPS) is 11.1. The van der Waals surface area contributed by atoms with E-state index in [-0.39, 0.29) is 28.0 Å². The third kappa shape index (κ3) is 5.47. The third-order valence-corrected chi connectivity index (χ3v) is 6.14. The van der Waals surface area contributed by atoms with E-state index < -0.39 is 21.0 Å². The number of sulfonamides is 1. The molecule has 0 aliphatic carbocycles. The summed E-state index contributed by atoms with van der Waals surface area (Å²) in [5, 5.41) is 14.1. The number of para-hydroxylation sites is 2. The van der Waals surface area contributed by atoms with Crippen LogP contribution in [0.25, 0.3) is 11.0 Å². The Labute approximate surface area is 205 Å². The highest BCUT2D eigenvalue weighted by Gasteiger charge is 2.21. The van der Waals surface area contributed by atoms with Gasteiger partial charge in [-0.3, -0.25) is 14.8 Å². The van der Waals surface area contributed by atoms with Gasteiger partial charge in [-0.2, -0.15) is 0 Å². The molecule has 184 valence electrons. The van der Waals surface area contributed by atoms with Gasteiger partial charge in [0.05, 0.1) is 20.9 Å². The van der Waals surface area contributed by atoms with E-state index in [0.717, 1.165) is 6.07 Å². The second-order valence-corrected chi connectivity index (χ2v) is 9.37. The summed E-state index contributed by atoms with van der Waals surface area (Å²) in [6, 6.07) is 18.0. The quantitative estimate of drug-likeness (QED) is 0.276. The molecule has 13 heteroatoms. The number of nitro benzene ring substituents is 1. The number of fused-ring (bicyclic) bond motifs is 1. The first kappa shape index (κ1) is 24.3. The van der Waals surface area contributed by atoms with Crippen molar-refractivity contribution in [2.24, 2.45) is 0 Å². The Bertz CT molecular complexity index is 1570. The van der Waals surface area contributed by atoms with Crippen LogP contribution < -0.4 is 14.8 Å². The number of carbonyl (C=O) groups is 1. The SMILES string of the molecule is CN(C)C(=O)Oc1cccc(Nc2nc3ccccc3nc2NS(=O)(=O)c2cccc([N+](=O)[O-])c2)c1. The first-order valence-electron chi connectivity index (χ1n) is 10.4. The van der Waals surface area contributed by atoms with E-state index in [9.17, 15) is 23.3 Å². The molecule has 36 heavy (non-hydrogen) atoms. The fourth-order valence-corrected chi connectivity index (χ4v) is 4.12. The minimum absolute atomic E-state index is 0.0683. The number of hydrogen-bond acceptors (Lipinski definition) is 9. The largest absolute Gasteiger partial charge is 0.414 e. The van der Waals surface area contributed by atoms with Crippen LogP contribution in [0.15, 0.2) is 77.7 Å². The maximum Gasteiger partial charge on any atom is 0.414 e. The molecule has 0 spiro atoms. The summed E-state index contributed by atoms with van der Waals surface area (Å²) in [4.78, 5) is 32.1. The van der Waals surface area contributed by atoms with Crippen LogP contribution in [0.2, 0.25) is 0 Å². The monoisotopic (exact) mass is 508 g/mol. The van der Waals surface area contributed by atoms with E-state index in [2.05, 4.69) is 20.0 Å². The van der Waals surface area contributed by atoms with Crippen molar-refractivity contribution in [3.8, 4) is 5.75 Å². The van der Waals surface area contributed by atoms with E-state index in [0.29, 0.717) is 16.7 Å². The van der Waals surface area contributed by atoms with Crippen molar-refractivity contribution in [3.05, 3.63) is 82.9 Å². The lowest BCUT2D eigenvalue weighted by Gasteiger charge is -2.15. The number of nitrogens with zero attached hydrogens (tertiary/aromatic N) is 4. The zero-order valence-electron chi connectivity index (χ0n) is 19.1. The number of aromatic nitrogens is 2. The Balaban J connectivity index is 1.72. The van der Waals surface area contributed by atoms with Crippen LogP contribution in [-0.4, -0.2) is 48.4 Å². The molecule has 4 aromatic rings. The lowest BCUT2D eigenvalue weighted by Crippen LogP contribution is -2.25. The maximum atomic E-state index is 13.1. The molecule has 2 N–H and O–H groups in total. The third-order valence-electron chi connectivity index (χ3n) is 4.81. The molecule has 0 bridgehead atoms. The summed E-state index contributed by atoms with van der Waals surface area (Å²) in [5.41, 5.74) is 0.992. The number of anilines is 3. The summed E-state index contributed by atoms with van der Waals surface area (Å²) in [6.07, 6.45) is -0.567. The standard InChI is InChI=1S/C23H20N6O6S/c1-28(2)23(30)35-17-9-5-7-15(13-17)24-21-22(26-20-12-4-3-11-19(20)25-21)27-36(33,34)18-10-6-8-16(14-18)29(31)32/h3-14H,1-2H3,(H,24,25)(H,26,27). The van der Waals surface area contributed by atoms with Crippen molar-refractivity contribution in [3.63, 3.8) is 0 Å². The van der Waals surface area contributed by atoms with Crippen LogP contribution in [0.5, 0.6) is 5.75 Å². The summed E-state index contributed by atoms with van der Waals surface area (Å²) < 4.78 is 33.8. The molecule has 1 heterocycles. The van der Waals surface area contributed by atoms with Gasteiger partial charge in [-0.25, -0.2) is 23.2 Å². The number of nitrogens with one attached hydrogen (secondary N) is 2. The minimum Gasteiger partial charge on any atom is -0.410 e. The first-order chi connectivity index (χ1) is 17.1. The van der Waals surface area contributed by atoms with Crippen molar-refractivity contribution < 1.29 is 22.9 Å². The topological polar surface area (TPSA) is 157 Å². The Morgan fingerprint density at radius 2 is 1.61 bits per heavy atom. The Morgan fingerprint density at radius 1 is 0.944 bits per heavy atom. The lowest BCUT2D eigenvalue weighted by atomic mass is 10.3. The van der Waals surface area contributed by atoms with Gasteiger partial charge in [0.1, 0.15) is 5.75 Å². The van der Waals surface area contributed by atoms with E-state index in [1.807, 2.05) is 0 Å². The molecule has 0 atom stereocenters. The first-order valence-corrected chi connectivity index (χ1v) is 11.9. The van der Waals surface area contributed by atoms with Gasteiger partial charge in [0.15, 0.2) is 11.6 Å². The number of benzene rings is 3. The van der Waals surface area contributed by atoms with Gasteiger partial charge in [-0.1, -0.05) is 24.3 Å². The second kappa shape index (κ2) is 9.84. The van der Waals surface area contributed by atoms with Gasteiger partial charge in [0.25, 0.3) is 15.7 Å². The smallest absolute Gasteiger partial charge is 0.410 e. The molecule has 0 unspecified atom stereocenters. The molecule has 0 aliphatic rings. The zero-order valence-corrected chi connectivity index (χ0v) is 19.9. The summed E-state index contributed by atoms with van der Waals surface area (Å²) in [7, 11) is -1.16. The van der Waals surface area contributed by atoms with E-state index in [1.165, 1.54) is 29.2 Å². The van der Waals surface area contributed by atoms with Gasteiger partial charge < -0.3 is 15.0 Å². The predicted molar refractivity (Wildman–Crippen MR) is 133 cm³/mol. The van der Waals surface area contributed by atoms with Gasteiger partial charge >= 0.3 is 6.09 Å². The maximum absolute atomic E-state index is 13.1. The van der Waals surface area contributed by atoms with Gasteiger partial charge in [0, 0.05) is 38.0 Å². The molecule has 12 nitrogen and oxygen atoms in total. The number of rotatable bonds is 7. The number of ether oxygens (including phenoxy) is 1. The summed E-state index contributed by atoms with van der Waals surface area (Å²) in [6.45, 7) is 0. The summed E-state index contributed by atoms with van der Waals surface area (Å²) in [5.74, 6) is 0.195. The van der Waals surface area contributed by atoms with Gasteiger partial charge in [-0.05, 0) is 30.3 Å². The fourth-order valence-electron chi connectivity index (χ4n) is 3.07. The van der Waals surface area contributed by atoms with E-state index in [1.54, 1.807) is 56.6 Å². The molecule has 0 saturated carbocycles. The Morgan fingerprint density at radius 3 is 2.28 bits per heavy atom. The van der Waals surface area contributed by atoms with Crippen LogP contribution in [0, 0.1) is 10.1 Å². The van der Waals surface area contributed by atoms with Crippen LogP contribution in [0.3, 0.4) is 0 Å². The van der Waals surface area contributed by atoms with Crippen molar-refractivity contribution in [1.29, 1.82) is 0 Å². The van der Waals surface area contributed by atoms with Gasteiger partial charge in [-0.15, -0.1) is 0 Å². The zero-order chi connectivity index (χ0) is 25.9. The fraction of sp³-hybridized carbons (Fsp3) is 0.0870. The molecule has 0 fully saturated rings. The molecular weight excluding hydrogens is 488 g/mol. The molecule has 0 saturated heterocycles. The van der Waals surface area contributed by atoms with Crippen LogP contribution in [0.1, 0.15) is 0 Å². The highest BCUT2D eigenvalue weighted by Crippen LogP contribution is 2.29. The highest BCUT2D eigenvalue weighted by atomic mass is 32.2. The van der Waals surface area contributed by atoms with Crippen LogP contribution in [-0.2, 0) is 10.0 Å². The Hall–Kier alpha value is -4.78. The van der Waals surface area contributed by atoms with Crippen molar-refractivity contribution in [2.75, 3.05) is 24.1 Å². The molecular formula is C23H20N6O6S. The molecule has 0 radical (unpaired) electrons.